The van der Waals surface area contributed by atoms with Gasteiger partial charge in [-0.25, -0.2) is 19.6 Å². The highest BCUT2D eigenvalue weighted by atomic mass is 19.3. The average Bonchev–Trinajstić information content (AvgIpc) is 3.48. The Kier molecular flexibility index (Phi) is 10.1. The van der Waals surface area contributed by atoms with Gasteiger partial charge in [-0.2, -0.15) is 8.78 Å². The SMILES string of the molecule is [C-]#[N+]c1ccc2c(c1)C(F)(F)COCc1cc(ccc1Cc1nc3c(OCCOC)cc(C(=O)OC)cc3n1C[C@@H]1CCO1)-c1cccc(n1)OC2. The Hall–Kier alpha value is -5.42. The number of alkyl halides is 2. The van der Waals surface area contributed by atoms with Crippen LogP contribution in [0.1, 0.15) is 44.9 Å². The largest absolute Gasteiger partial charge is 0.489 e. The monoisotopic (exact) mass is 710 g/mol. The molecule has 13 heteroatoms. The number of benzene rings is 3. The van der Waals surface area contributed by atoms with Crippen LogP contribution < -0.4 is 9.47 Å². The van der Waals surface area contributed by atoms with E-state index in [-0.39, 0.29) is 48.6 Å². The number of ether oxygens (including phenoxy) is 6. The van der Waals surface area contributed by atoms with E-state index in [0.717, 1.165) is 17.5 Å². The predicted molar refractivity (Wildman–Crippen MR) is 186 cm³/mol. The number of methoxy groups -OCH3 is 2. The quantitative estimate of drug-likeness (QED) is 0.0905. The first kappa shape index (κ1) is 35.0. The van der Waals surface area contributed by atoms with Crippen molar-refractivity contribution in [1.82, 2.24) is 14.5 Å². The maximum atomic E-state index is 15.8. The van der Waals surface area contributed by atoms with Gasteiger partial charge in [-0.1, -0.05) is 30.3 Å². The lowest BCUT2D eigenvalue weighted by Crippen LogP contribution is -2.31. The molecule has 0 spiro atoms. The summed E-state index contributed by atoms with van der Waals surface area (Å²) in [6.45, 7) is 7.88. The van der Waals surface area contributed by atoms with Crippen LogP contribution in [0.2, 0.25) is 0 Å². The molecule has 7 rings (SSSR count). The smallest absolute Gasteiger partial charge is 0.338 e. The second kappa shape index (κ2) is 15.1. The van der Waals surface area contributed by atoms with E-state index in [1.165, 1.54) is 25.3 Å². The van der Waals surface area contributed by atoms with Gasteiger partial charge in [0, 0.05) is 37.3 Å². The van der Waals surface area contributed by atoms with Gasteiger partial charge in [-0.3, -0.25) is 0 Å². The highest BCUT2D eigenvalue weighted by Gasteiger charge is 2.35. The molecule has 2 aliphatic heterocycles. The van der Waals surface area contributed by atoms with Gasteiger partial charge in [0.15, 0.2) is 5.69 Å². The molecule has 52 heavy (non-hydrogen) atoms. The molecule has 0 N–H and O–H groups in total. The molecule has 1 atom stereocenters. The summed E-state index contributed by atoms with van der Waals surface area (Å²) in [5.41, 5.74) is 4.39. The molecule has 4 heterocycles. The van der Waals surface area contributed by atoms with Gasteiger partial charge in [0.2, 0.25) is 5.88 Å². The van der Waals surface area contributed by atoms with Gasteiger partial charge in [0.1, 0.15) is 36.9 Å². The molecule has 5 aromatic rings. The first-order valence-corrected chi connectivity index (χ1v) is 16.8. The third-order valence-electron chi connectivity index (χ3n) is 9.15. The van der Waals surface area contributed by atoms with Crippen molar-refractivity contribution in [3.8, 4) is 22.9 Å². The van der Waals surface area contributed by atoms with Crippen molar-refractivity contribution in [3.05, 3.63) is 112 Å². The van der Waals surface area contributed by atoms with E-state index in [4.69, 9.17) is 40.0 Å². The molecule has 0 saturated carbocycles. The van der Waals surface area contributed by atoms with Crippen molar-refractivity contribution < 1.29 is 42.0 Å². The lowest BCUT2D eigenvalue weighted by molar-refractivity contribution is -0.0882. The summed E-state index contributed by atoms with van der Waals surface area (Å²) in [4.78, 5) is 25.8. The second-order valence-corrected chi connectivity index (χ2v) is 12.6. The van der Waals surface area contributed by atoms with Gasteiger partial charge in [-0.05, 0) is 53.4 Å². The highest BCUT2D eigenvalue weighted by Crippen LogP contribution is 2.36. The zero-order valence-electron chi connectivity index (χ0n) is 28.7. The van der Waals surface area contributed by atoms with E-state index in [9.17, 15) is 4.79 Å². The highest BCUT2D eigenvalue weighted by molar-refractivity contribution is 5.96. The Labute approximate surface area is 298 Å². The number of hydrogen-bond donors (Lipinski definition) is 0. The normalized spacial score (nSPS) is 16.5. The molecular weight excluding hydrogens is 674 g/mol. The van der Waals surface area contributed by atoms with Gasteiger partial charge in [0.05, 0.1) is 56.3 Å². The van der Waals surface area contributed by atoms with Crippen molar-refractivity contribution in [2.75, 3.05) is 40.6 Å². The summed E-state index contributed by atoms with van der Waals surface area (Å²) in [7, 11) is 2.89. The third-order valence-corrected chi connectivity index (χ3v) is 9.15. The zero-order chi connectivity index (χ0) is 36.2. The molecule has 4 bridgehead atoms. The first-order valence-electron chi connectivity index (χ1n) is 16.8. The lowest BCUT2D eigenvalue weighted by Gasteiger charge is -2.27. The number of imidazole rings is 1. The number of pyridine rings is 1. The maximum absolute atomic E-state index is 15.8. The minimum atomic E-state index is -3.41. The van der Waals surface area contributed by atoms with Gasteiger partial charge in [-0.15, -0.1) is 0 Å². The van der Waals surface area contributed by atoms with Crippen LogP contribution in [0.3, 0.4) is 0 Å². The Bertz CT molecular complexity index is 2160. The topological polar surface area (TPSA) is 108 Å². The molecule has 0 aliphatic carbocycles. The standard InChI is InChI=1S/C39H36F2N4O7/c1-42-29-10-9-26-22-52-36-6-4-5-32(43-36)25-8-7-24(28(15-25)21-49-23-39(40,41)31(26)19-29)18-35-44-37-33(45(35)20-30-11-12-50-30)16-27(38(46)48-3)17-34(37)51-14-13-47-2/h4-10,15-17,19,30H,11-14,18,20-23H2,2-3H3/t30-/m0/s1. The molecule has 1 fully saturated rings. The minimum Gasteiger partial charge on any atom is -0.489 e. The molecule has 268 valence electrons. The van der Waals surface area contributed by atoms with Crippen LogP contribution in [0.4, 0.5) is 14.5 Å². The summed E-state index contributed by atoms with van der Waals surface area (Å²) in [6.07, 6.45) is 1.12. The van der Waals surface area contributed by atoms with E-state index >= 15 is 8.78 Å². The van der Waals surface area contributed by atoms with Crippen LogP contribution in [0.5, 0.6) is 11.6 Å². The van der Waals surface area contributed by atoms with Crippen LogP contribution in [0.15, 0.2) is 66.7 Å². The maximum Gasteiger partial charge on any atom is 0.338 e. The van der Waals surface area contributed by atoms with Crippen molar-refractivity contribution in [3.63, 3.8) is 0 Å². The van der Waals surface area contributed by atoms with Crippen LogP contribution in [-0.2, 0) is 51.0 Å². The summed E-state index contributed by atoms with van der Waals surface area (Å²) >= 11 is 0. The summed E-state index contributed by atoms with van der Waals surface area (Å²) in [6, 6.07) is 18.5. The molecule has 2 aliphatic rings. The number of esters is 1. The summed E-state index contributed by atoms with van der Waals surface area (Å²) in [5, 5.41) is 0. The Balaban J connectivity index is 1.30. The van der Waals surface area contributed by atoms with Crippen molar-refractivity contribution in [1.29, 1.82) is 0 Å². The first-order chi connectivity index (χ1) is 25.3. The Morgan fingerprint density at radius 1 is 1.04 bits per heavy atom. The number of nitrogens with zero attached hydrogens (tertiary/aromatic N) is 4. The molecule has 0 radical (unpaired) electrons. The van der Waals surface area contributed by atoms with Gasteiger partial charge < -0.3 is 33.0 Å². The lowest BCUT2D eigenvalue weighted by atomic mass is 9.99. The molecule has 1 saturated heterocycles. The summed E-state index contributed by atoms with van der Waals surface area (Å²) in [5.74, 6) is -2.59. The molecule has 0 unspecified atom stereocenters. The molecular formula is C39H36F2N4O7. The van der Waals surface area contributed by atoms with Crippen molar-refractivity contribution in [2.45, 2.75) is 44.6 Å². The second-order valence-electron chi connectivity index (χ2n) is 12.6. The summed E-state index contributed by atoms with van der Waals surface area (Å²) < 4.78 is 67.4. The molecule has 2 aromatic heterocycles. The van der Waals surface area contributed by atoms with E-state index in [0.29, 0.717) is 65.6 Å². The predicted octanol–water partition coefficient (Wildman–Crippen LogP) is 7.04. The number of fused-ring (bicyclic) bond motifs is 7. The minimum absolute atomic E-state index is 0.0476. The van der Waals surface area contributed by atoms with Crippen LogP contribution >= 0.6 is 0 Å². The number of carbonyl (C=O) groups excluding carboxylic acids is 1. The average molecular weight is 711 g/mol. The van der Waals surface area contributed by atoms with Crippen LogP contribution in [0.25, 0.3) is 27.1 Å². The van der Waals surface area contributed by atoms with Gasteiger partial charge in [0.25, 0.3) is 5.92 Å². The number of aromatic nitrogens is 3. The Morgan fingerprint density at radius 3 is 2.67 bits per heavy atom. The molecule has 3 aromatic carbocycles. The van der Waals surface area contributed by atoms with Crippen molar-refractivity contribution >= 4 is 22.7 Å². The number of rotatable bonds is 9. The van der Waals surface area contributed by atoms with E-state index in [2.05, 4.69) is 9.83 Å². The van der Waals surface area contributed by atoms with Crippen molar-refractivity contribution in [2.24, 2.45) is 0 Å². The fourth-order valence-corrected chi connectivity index (χ4v) is 6.33. The number of hydrogen-bond acceptors (Lipinski definition) is 9. The number of carbonyl (C=O) groups is 1. The van der Waals surface area contributed by atoms with E-state index in [1.54, 1.807) is 31.4 Å². The van der Waals surface area contributed by atoms with E-state index in [1.807, 2.05) is 28.8 Å². The third kappa shape index (κ3) is 7.32. The fourth-order valence-electron chi connectivity index (χ4n) is 6.33. The van der Waals surface area contributed by atoms with Gasteiger partial charge >= 0.3 is 5.97 Å². The molecule has 11 nitrogen and oxygen atoms in total. The zero-order valence-corrected chi connectivity index (χ0v) is 28.7. The molecule has 0 amide bonds. The number of halogens is 2. The van der Waals surface area contributed by atoms with E-state index < -0.39 is 18.5 Å². The van der Waals surface area contributed by atoms with Crippen LogP contribution in [0, 0.1) is 6.57 Å². The van der Waals surface area contributed by atoms with Crippen LogP contribution in [-0.4, -0.2) is 67.3 Å². The fraction of sp³-hybridized carbons (Fsp3) is 0.333. The Morgan fingerprint density at radius 2 is 1.90 bits per heavy atom.